The number of alkyl halides is 1. The number of aliphatic hydroxyl groups is 2. The van der Waals surface area contributed by atoms with Gasteiger partial charge in [-0.3, -0.25) is 4.57 Å². The van der Waals surface area contributed by atoms with Crippen molar-refractivity contribution in [1.82, 2.24) is 19.5 Å². The summed E-state index contributed by atoms with van der Waals surface area (Å²) in [5, 5.41) is 19.4. The second-order valence-corrected chi connectivity index (χ2v) is 6.46. The maximum atomic E-state index is 15.1. The van der Waals surface area contributed by atoms with E-state index >= 15 is 4.39 Å². The molecule has 4 N–H and O–H groups in total. The molecule has 0 bridgehead atoms. The second kappa shape index (κ2) is 6.36. The standard InChI is InChI=1S/C15H23FN6O3/c1-4-5-21(3)11-9-12(20-14(17)19-11)22(7-18-9)13-15(2,16)10(24)8(6-23)25-13/h7-8,10,13,23-24H,4-6H2,1-3H3,(H2,17,19,20)/t8?,10-,13-,15-/m1/s1. The molecule has 0 saturated carbocycles. The van der Waals surface area contributed by atoms with Crippen LogP contribution in [0.1, 0.15) is 26.5 Å². The summed E-state index contributed by atoms with van der Waals surface area (Å²) in [6.07, 6.45) is -1.40. The molecule has 4 atom stereocenters. The summed E-state index contributed by atoms with van der Waals surface area (Å²) in [7, 11) is 1.86. The van der Waals surface area contributed by atoms with Gasteiger partial charge in [-0.05, 0) is 13.3 Å². The lowest BCUT2D eigenvalue weighted by Crippen LogP contribution is -2.40. The molecule has 2 aromatic heterocycles. The predicted molar refractivity (Wildman–Crippen MR) is 89.8 cm³/mol. The third-order valence-corrected chi connectivity index (χ3v) is 4.49. The number of halogens is 1. The van der Waals surface area contributed by atoms with Crippen LogP contribution >= 0.6 is 0 Å². The molecule has 1 saturated heterocycles. The summed E-state index contributed by atoms with van der Waals surface area (Å²) in [4.78, 5) is 14.6. The lowest BCUT2D eigenvalue weighted by molar-refractivity contribution is -0.0566. The molecule has 0 aromatic carbocycles. The van der Waals surface area contributed by atoms with Gasteiger partial charge in [0.05, 0.1) is 12.9 Å². The van der Waals surface area contributed by atoms with E-state index in [0.717, 1.165) is 13.0 Å². The van der Waals surface area contributed by atoms with Crippen molar-refractivity contribution in [3.63, 3.8) is 0 Å². The Kier molecular flexibility index (Phi) is 4.52. The lowest BCUT2D eigenvalue weighted by atomic mass is 9.98. The number of aromatic nitrogens is 4. The smallest absolute Gasteiger partial charge is 0.224 e. The fourth-order valence-electron chi connectivity index (χ4n) is 3.16. The van der Waals surface area contributed by atoms with E-state index in [1.165, 1.54) is 17.8 Å². The van der Waals surface area contributed by atoms with Crippen LogP contribution < -0.4 is 10.6 Å². The first-order valence-electron chi connectivity index (χ1n) is 8.15. The number of imidazole rings is 1. The van der Waals surface area contributed by atoms with Gasteiger partial charge in [0.2, 0.25) is 5.95 Å². The van der Waals surface area contributed by atoms with Crippen LogP contribution in [0.5, 0.6) is 0 Å². The molecule has 0 spiro atoms. The van der Waals surface area contributed by atoms with Gasteiger partial charge < -0.3 is 25.6 Å². The molecule has 2 aromatic rings. The van der Waals surface area contributed by atoms with Gasteiger partial charge in [0, 0.05) is 13.6 Å². The quantitative estimate of drug-likeness (QED) is 0.697. The third-order valence-electron chi connectivity index (χ3n) is 4.49. The number of rotatable bonds is 5. The molecule has 138 valence electrons. The Balaban J connectivity index is 2.10. The zero-order valence-electron chi connectivity index (χ0n) is 14.4. The Hall–Kier alpha value is -2.04. The van der Waals surface area contributed by atoms with Crippen molar-refractivity contribution in [3.05, 3.63) is 6.33 Å². The van der Waals surface area contributed by atoms with E-state index in [1.54, 1.807) is 0 Å². The molecular weight excluding hydrogens is 331 g/mol. The molecule has 1 unspecified atom stereocenters. The molecule has 0 radical (unpaired) electrons. The molecular formula is C15H23FN6O3. The Morgan fingerprint density at radius 2 is 2.20 bits per heavy atom. The first-order chi connectivity index (χ1) is 11.8. The average Bonchev–Trinajstić information content (AvgIpc) is 3.06. The summed E-state index contributed by atoms with van der Waals surface area (Å²) < 4.78 is 22.0. The molecule has 0 amide bonds. The fourth-order valence-corrected chi connectivity index (χ4v) is 3.16. The number of nitrogens with two attached hydrogens (primary N) is 1. The highest BCUT2D eigenvalue weighted by atomic mass is 19.1. The van der Waals surface area contributed by atoms with Gasteiger partial charge in [-0.15, -0.1) is 0 Å². The molecule has 1 aliphatic rings. The number of anilines is 2. The zero-order chi connectivity index (χ0) is 18.4. The van der Waals surface area contributed by atoms with Gasteiger partial charge in [0.1, 0.15) is 12.2 Å². The highest BCUT2D eigenvalue weighted by Crippen LogP contribution is 2.42. The minimum atomic E-state index is -2.13. The summed E-state index contributed by atoms with van der Waals surface area (Å²) in [5.74, 6) is 0.575. The number of hydrogen-bond donors (Lipinski definition) is 3. The summed E-state index contributed by atoms with van der Waals surface area (Å²) in [5.41, 5.74) is 4.47. The molecule has 3 heterocycles. The zero-order valence-corrected chi connectivity index (χ0v) is 14.4. The van der Waals surface area contributed by atoms with Crippen LogP contribution in [0.2, 0.25) is 0 Å². The number of nitrogens with zero attached hydrogens (tertiary/aromatic N) is 5. The number of ether oxygens (including phenoxy) is 1. The van der Waals surface area contributed by atoms with Crippen LogP contribution in [-0.4, -0.2) is 67.8 Å². The number of nitrogen functional groups attached to an aromatic ring is 1. The normalized spacial score (nSPS) is 29.4. The van der Waals surface area contributed by atoms with Crippen molar-refractivity contribution in [1.29, 1.82) is 0 Å². The maximum absolute atomic E-state index is 15.1. The van der Waals surface area contributed by atoms with Crippen molar-refractivity contribution in [3.8, 4) is 0 Å². The van der Waals surface area contributed by atoms with Crippen molar-refractivity contribution in [2.24, 2.45) is 0 Å². The van der Waals surface area contributed by atoms with Crippen LogP contribution in [0, 0.1) is 0 Å². The van der Waals surface area contributed by atoms with Crippen molar-refractivity contribution >= 4 is 22.9 Å². The Morgan fingerprint density at radius 3 is 2.80 bits per heavy atom. The first-order valence-corrected chi connectivity index (χ1v) is 8.15. The number of fused-ring (bicyclic) bond motifs is 1. The highest BCUT2D eigenvalue weighted by molar-refractivity contribution is 5.84. The Bertz CT molecular complexity index is 767. The van der Waals surface area contributed by atoms with E-state index in [0.29, 0.717) is 17.0 Å². The van der Waals surface area contributed by atoms with Crippen LogP contribution in [0.15, 0.2) is 6.33 Å². The second-order valence-electron chi connectivity index (χ2n) is 6.46. The van der Waals surface area contributed by atoms with E-state index < -0.39 is 30.7 Å². The Morgan fingerprint density at radius 1 is 1.48 bits per heavy atom. The van der Waals surface area contributed by atoms with Gasteiger partial charge in [-0.25, -0.2) is 9.37 Å². The number of hydrogen-bond acceptors (Lipinski definition) is 8. The monoisotopic (exact) mass is 354 g/mol. The third kappa shape index (κ3) is 2.79. The first kappa shape index (κ1) is 17.8. The van der Waals surface area contributed by atoms with Crippen molar-refractivity contribution in [2.75, 3.05) is 30.8 Å². The predicted octanol–water partition coefficient (Wildman–Crippen LogP) is 0.233. The molecule has 25 heavy (non-hydrogen) atoms. The topological polar surface area (TPSA) is 123 Å². The lowest BCUT2D eigenvalue weighted by Gasteiger charge is -2.24. The SMILES string of the molecule is CCCN(C)c1nc(N)nc2c1ncn2[C@@H]1OC(CO)[C@@H](O)[C@@]1(C)F. The molecule has 3 rings (SSSR count). The maximum Gasteiger partial charge on any atom is 0.224 e. The fraction of sp³-hybridized carbons (Fsp3) is 0.667. The molecule has 0 aliphatic carbocycles. The molecule has 9 nitrogen and oxygen atoms in total. The molecule has 10 heteroatoms. The van der Waals surface area contributed by atoms with Gasteiger partial charge in [-0.2, -0.15) is 9.97 Å². The Labute approximate surface area is 144 Å². The van der Waals surface area contributed by atoms with E-state index in [2.05, 4.69) is 15.0 Å². The van der Waals surface area contributed by atoms with Gasteiger partial charge in [0.25, 0.3) is 0 Å². The van der Waals surface area contributed by atoms with E-state index in [9.17, 15) is 10.2 Å². The van der Waals surface area contributed by atoms with Crippen LogP contribution in [0.3, 0.4) is 0 Å². The van der Waals surface area contributed by atoms with E-state index in [4.69, 9.17) is 10.5 Å². The largest absolute Gasteiger partial charge is 0.394 e. The van der Waals surface area contributed by atoms with Crippen molar-refractivity contribution < 1.29 is 19.3 Å². The van der Waals surface area contributed by atoms with Crippen LogP contribution in [-0.2, 0) is 4.74 Å². The minimum Gasteiger partial charge on any atom is -0.394 e. The van der Waals surface area contributed by atoms with Gasteiger partial charge in [0.15, 0.2) is 28.9 Å². The number of aliphatic hydroxyl groups excluding tert-OH is 2. The van der Waals surface area contributed by atoms with Crippen LogP contribution in [0.4, 0.5) is 16.2 Å². The summed E-state index contributed by atoms with van der Waals surface area (Å²) >= 11 is 0. The summed E-state index contributed by atoms with van der Waals surface area (Å²) in [6.45, 7) is 3.50. The van der Waals surface area contributed by atoms with Gasteiger partial charge in [-0.1, -0.05) is 6.92 Å². The van der Waals surface area contributed by atoms with Crippen molar-refractivity contribution in [2.45, 2.75) is 44.4 Å². The van der Waals surface area contributed by atoms with Gasteiger partial charge >= 0.3 is 0 Å². The average molecular weight is 354 g/mol. The minimum absolute atomic E-state index is 0.0324. The molecule has 1 fully saturated rings. The summed E-state index contributed by atoms with van der Waals surface area (Å²) in [6, 6.07) is 0. The van der Waals surface area contributed by atoms with Crippen LogP contribution in [0.25, 0.3) is 11.2 Å². The van der Waals surface area contributed by atoms with E-state index in [-0.39, 0.29) is 5.95 Å². The van der Waals surface area contributed by atoms with E-state index in [1.807, 2.05) is 18.9 Å². The highest BCUT2D eigenvalue weighted by Gasteiger charge is 2.55. The molecule has 1 aliphatic heterocycles.